The number of carbonyl (C=O) groups excluding carboxylic acids is 2. The van der Waals surface area contributed by atoms with Crippen LogP contribution in [0.5, 0.6) is 0 Å². The Kier molecular flexibility index (Phi) is 15.2. The zero-order valence-electron chi connectivity index (χ0n) is 36.6. The van der Waals surface area contributed by atoms with E-state index in [0.29, 0.717) is 21.6 Å². The number of nitrogens with zero attached hydrogens (tertiary/aromatic N) is 4. The summed E-state index contributed by atoms with van der Waals surface area (Å²) in [4.78, 5) is 37.5. The first-order valence-electron chi connectivity index (χ1n) is 21.7. The molecule has 7 rings (SSSR count). The molecule has 0 spiro atoms. The van der Waals surface area contributed by atoms with Gasteiger partial charge in [0.2, 0.25) is 0 Å². The van der Waals surface area contributed by atoms with Gasteiger partial charge in [-0.3, -0.25) is 9.59 Å². The van der Waals surface area contributed by atoms with Gasteiger partial charge in [0.05, 0.1) is 35.0 Å². The molecule has 3 aliphatic carbocycles. The lowest BCUT2D eigenvalue weighted by Gasteiger charge is -2.19. The quantitative estimate of drug-likeness (QED) is 0.0423. The molecule has 2 heterocycles. The normalized spacial score (nSPS) is 17.2. The van der Waals surface area contributed by atoms with E-state index < -0.39 is 46.2 Å². The molecule has 14 heteroatoms. The highest BCUT2D eigenvalue weighted by Crippen LogP contribution is 2.58. The van der Waals surface area contributed by atoms with Gasteiger partial charge in [0.1, 0.15) is 0 Å². The maximum Gasteiger partial charge on any atom is 0.270 e. The third-order valence-corrected chi connectivity index (χ3v) is 17.3. The molecule has 0 aliphatic heterocycles. The second-order valence-electron chi connectivity index (χ2n) is 16.2. The lowest BCUT2D eigenvalue weighted by Crippen LogP contribution is -2.05. The van der Waals surface area contributed by atoms with Crippen LogP contribution < -0.4 is 0 Å². The zero-order valence-corrected chi connectivity index (χ0v) is 39.9. The van der Waals surface area contributed by atoms with E-state index in [0.717, 1.165) is 118 Å². The monoisotopic (exact) mass is 958 g/mol. The Morgan fingerprint density at radius 3 is 1.33 bits per heavy atom. The van der Waals surface area contributed by atoms with Crippen molar-refractivity contribution >= 4 is 86.6 Å². The van der Waals surface area contributed by atoms with Gasteiger partial charge in [0, 0.05) is 75.6 Å². The summed E-state index contributed by atoms with van der Waals surface area (Å²) in [6.07, 6.45) is 11.8. The minimum atomic E-state index is -1.23. The van der Waals surface area contributed by atoms with Crippen LogP contribution in [0.2, 0.25) is 0 Å². The van der Waals surface area contributed by atoms with Crippen molar-refractivity contribution in [3.63, 3.8) is 0 Å². The largest absolute Gasteiger partial charge is 0.289 e. The molecule has 2 aromatic heterocycles. The van der Waals surface area contributed by atoms with Gasteiger partial charge in [0.25, 0.3) is 11.4 Å². The van der Waals surface area contributed by atoms with Crippen LogP contribution >= 0.6 is 46.2 Å². The number of unbranched alkanes of at least 4 members (excludes halogenated alkanes) is 2. The molecule has 0 amide bonds. The highest BCUT2D eigenvalue weighted by molar-refractivity contribution is 8.22. The molecular formula is C52H42F4N4O2S4. The maximum absolute atomic E-state index is 14.6. The highest BCUT2D eigenvalue weighted by atomic mass is 32.2. The van der Waals surface area contributed by atoms with Crippen LogP contribution in [0, 0.1) is 70.9 Å². The van der Waals surface area contributed by atoms with E-state index in [1.807, 2.05) is 47.8 Å². The Bertz CT molecular complexity index is 2800. The molecule has 3 aliphatic rings. The van der Waals surface area contributed by atoms with E-state index in [1.54, 1.807) is 12.2 Å². The Balaban J connectivity index is 1.44. The number of fused-ring (bicyclic) bond motifs is 5. The first kappa shape index (κ1) is 48.2. The molecule has 4 aromatic rings. The van der Waals surface area contributed by atoms with Crippen molar-refractivity contribution in [2.24, 2.45) is 11.8 Å². The lowest BCUT2D eigenvalue weighted by molar-refractivity contribution is 0.103. The van der Waals surface area contributed by atoms with Crippen LogP contribution in [0.25, 0.3) is 48.3 Å². The van der Waals surface area contributed by atoms with Crippen molar-refractivity contribution in [3.05, 3.63) is 152 Å². The van der Waals surface area contributed by atoms with Crippen LogP contribution in [0.1, 0.15) is 132 Å². The molecule has 2 atom stereocenters. The molecule has 66 heavy (non-hydrogen) atoms. The summed E-state index contributed by atoms with van der Waals surface area (Å²) in [6.45, 7) is 24.2. The molecule has 0 saturated heterocycles. The minimum absolute atomic E-state index is 0.0296. The first-order chi connectivity index (χ1) is 31.9. The van der Waals surface area contributed by atoms with Gasteiger partial charge in [-0.1, -0.05) is 66.2 Å². The molecular weight excluding hydrogens is 917 g/mol. The van der Waals surface area contributed by atoms with Crippen LogP contribution in [0.4, 0.5) is 17.6 Å². The van der Waals surface area contributed by atoms with E-state index in [2.05, 4.69) is 37.4 Å². The highest BCUT2D eigenvalue weighted by Gasteiger charge is 2.38. The molecule has 0 bridgehead atoms. The third-order valence-electron chi connectivity index (χ3n) is 12.1. The molecule has 0 fully saturated rings. The number of halogens is 4. The first-order valence-corrected chi connectivity index (χ1v) is 25.3. The number of thioether (sulfide) groups is 2. The van der Waals surface area contributed by atoms with Crippen LogP contribution in [-0.4, -0.2) is 23.1 Å². The van der Waals surface area contributed by atoms with E-state index in [-0.39, 0.29) is 44.5 Å². The number of nitriles is 2. The summed E-state index contributed by atoms with van der Waals surface area (Å²) in [7, 11) is 0. The van der Waals surface area contributed by atoms with E-state index in [1.165, 1.54) is 22.7 Å². The number of rotatable bonds is 16. The van der Waals surface area contributed by atoms with E-state index in [9.17, 15) is 37.7 Å². The van der Waals surface area contributed by atoms with Gasteiger partial charge in [-0.05, 0) is 84.4 Å². The fraction of sp³-hybridized carbons (Fsp3) is 0.308. The number of thiophene rings is 2. The number of allylic oxidation sites excluding steroid dienone is 6. The van der Waals surface area contributed by atoms with Crippen LogP contribution in [0.3, 0.4) is 0 Å². The summed E-state index contributed by atoms with van der Waals surface area (Å²) < 4.78 is 59.4. The molecule has 0 saturated carbocycles. The van der Waals surface area contributed by atoms with Gasteiger partial charge >= 0.3 is 0 Å². The summed E-state index contributed by atoms with van der Waals surface area (Å²) in [5.41, 5.74) is 1.36. The average molecular weight is 959 g/mol. The SMILES string of the molecule is [C-]#[N+]/C(C#N)=C1\C(=C\c2cc3c(s2)-c2sc(/C=C4\C(=O)c5cc(F)c(F)cc5\C4=C(\C#N)[N+]#[C-])cc2C3=C(SCC(CC)CCCC)SCC(CC)CCCC)C(=O)c2cc(F)c(F)cc21. The van der Waals surface area contributed by atoms with Crippen molar-refractivity contribution < 1.29 is 27.2 Å². The van der Waals surface area contributed by atoms with Gasteiger partial charge in [0.15, 0.2) is 34.8 Å². The minimum Gasteiger partial charge on any atom is -0.289 e. The Morgan fingerprint density at radius 2 is 1.00 bits per heavy atom. The second-order valence-corrected chi connectivity index (χ2v) is 20.7. The van der Waals surface area contributed by atoms with Gasteiger partial charge in [-0.2, -0.15) is 0 Å². The molecule has 6 nitrogen and oxygen atoms in total. The van der Waals surface area contributed by atoms with Gasteiger partial charge in [-0.15, -0.1) is 46.2 Å². The van der Waals surface area contributed by atoms with Crippen molar-refractivity contribution in [1.29, 1.82) is 10.5 Å². The Morgan fingerprint density at radius 1 is 0.621 bits per heavy atom. The number of hydrogen-bond donors (Lipinski definition) is 0. The van der Waals surface area contributed by atoms with Crippen LogP contribution in [0.15, 0.2) is 63.2 Å². The fourth-order valence-electron chi connectivity index (χ4n) is 8.44. The number of benzene rings is 2. The zero-order chi connectivity index (χ0) is 47.4. The molecule has 0 N–H and O–H groups in total. The van der Waals surface area contributed by atoms with Crippen molar-refractivity contribution in [1.82, 2.24) is 0 Å². The van der Waals surface area contributed by atoms with E-state index >= 15 is 0 Å². The van der Waals surface area contributed by atoms with Crippen molar-refractivity contribution in [2.45, 2.75) is 79.1 Å². The number of carbonyl (C=O) groups is 2. The van der Waals surface area contributed by atoms with Crippen molar-refractivity contribution in [3.8, 4) is 21.9 Å². The third kappa shape index (κ3) is 9.18. The smallest absolute Gasteiger partial charge is 0.270 e. The molecule has 0 radical (unpaired) electrons. The standard InChI is InChI=1S/C52H42F4N4O2S4/c1-7-11-13-27(9-3)25-63-52(64-26-28(10-4)14-12-8-2)47-37-17-29(15-35-45(43(23-57)59-5)31-19-39(53)41(55)21-33(31)48(35)61)65-50(37)51-38(47)18-30(66-51)16-36-46(44(24-58)60-6)32-20-40(54)42(56)22-34(32)49(36)62/h15-22,27-28H,7-14,25-26H2,1-4H3/b35-15-,36-16-,45-43-,46-44+,52-47?. The predicted molar refractivity (Wildman–Crippen MR) is 261 cm³/mol. The van der Waals surface area contributed by atoms with Crippen molar-refractivity contribution in [2.75, 3.05) is 11.5 Å². The second kappa shape index (κ2) is 20.8. The topological polar surface area (TPSA) is 90.4 Å². The molecule has 2 unspecified atom stereocenters. The fourth-order valence-corrected chi connectivity index (χ4v) is 13.9. The lowest BCUT2D eigenvalue weighted by atomic mass is 10.0. The Labute approximate surface area is 398 Å². The van der Waals surface area contributed by atoms with Crippen LogP contribution in [-0.2, 0) is 0 Å². The van der Waals surface area contributed by atoms with Gasteiger partial charge in [-0.25, -0.2) is 37.8 Å². The summed E-state index contributed by atoms with van der Waals surface area (Å²) in [6, 6.07) is 10.9. The number of hydrogen-bond acceptors (Lipinski definition) is 8. The predicted octanol–water partition coefficient (Wildman–Crippen LogP) is 15.8. The summed E-state index contributed by atoms with van der Waals surface area (Å²) >= 11 is 6.37. The number of ketones is 2. The summed E-state index contributed by atoms with van der Waals surface area (Å²) in [5, 5.41) is 19.9. The molecule has 2 aromatic carbocycles. The maximum atomic E-state index is 14.6. The number of Topliss-reactive ketones (excluding diaryl/α,β-unsaturated/α-hetero) is 2. The van der Waals surface area contributed by atoms with Gasteiger partial charge < -0.3 is 0 Å². The summed E-state index contributed by atoms with van der Waals surface area (Å²) in [5.74, 6) is -3.47. The molecule has 334 valence electrons. The van der Waals surface area contributed by atoms with E-state index in [4.69, 9.17) is 13.1 Å². The average Bonchev–Trinajstić information content (AvgIpc) is 4.09. The Hall–Kier alpha value is -5.74.